The number of carbonyl (C=O) groups is 1. The van der Waals surface area contributed by atoms with Crippen molar-refractivity contribution >= 4 is 27.2 Å². The summed E-state index contributed by atoms with van der Waals surface area (Å²) in [6, 6.07) is 13.7. The predicted octanol–water partition coefficient (Wildman–Crippen LogP) is 2.62. The van der Waals surface area contributed by atoms with Gasteiger partial charge in [0.05, 0.1) is 30.7 Å². The van der Waals surface area contributed by atoms with Crippen LogP contribution in [0, 0.1) is 6.92 Å². The number of amides is 2. The Labute approximate surface area is 152 Å². The SMILES string of the molecule is COc1ccc(N2C(=O)N(c3ccccc3C)[C@H]3CS(=O)(=O)C[C@@H]32)cc1. The van der Waals surface area contributed by atoms with E-state index in [1.807, 2.05) is 31.2 Å². The molecule has 2 fully saturated rings. The maximum absolute atomic E-state index is 13.3. The Bertz CT molecular complexity index is 956. The maximum Gasteiger partial charge on any atom is 0.329 e. The van der Waals surface area contributed by atoms with Gasteiger partial charge in [0, 0.05) is 11.4 Å². The van der Waals surface area contributed by atoms with Crippen LogP contribution in [0.5, 0.6) is 5.75 Å². The van der Waals surface area contributed by atoms with Gasteiger partial charge in [-0.15, -0.1) is 0 Å². The molecule has 136 valence electrons. The first-order chi connectivity index (χ1) is 12.4. The fourth-order valence-corrected chi connectivity index (χ4v) is 5.78. The number of anilines is 2. The minimum Gasteiger partial charge on any atom is -0.497 e. The van der Waals surface area contributed by atoms with Crippen molar-refractivity contribution in [3.63, 3.8) is 0 Å². The lowest BCUT2D eigenvalue weighted by Crippen LogP contribution is -2.38. The zero-order valence-electron chi connectivity index (χ0n) is 14.6. The summed E-state index contributed by atoms with van der Waals surface area (Å²) in [4.78, 5) is 16.5. The first-order valence-corrected chi connectivity index (χ1v) is 10.3. The fourth-order valence-electron chi connectivity index (χ4n) is 3.86. The van der Waals surface area contributed by atoms with Crippen molar-refractivity contribution < 1.29 is 17.9 Å². The molecule has 2 saturated heterocycles. The van der Waals surface area contributed by atoms with Crippen molar-refractivity contribution in [2.75, 3.05) is 28.4 Å². The van der Waals surface area contributed by atoms with Gasteiger partial charge in [-0.05, 0) is 42.8 Å². The van der Waals surface area contributed by atoms with E-state index in [4.69, 9.17) is 4.74 Å². The van der Waals surface area contributed by atoms with Gasteiger partial charge < -0.3 is 4.74 Å². The number of aryl methyl sites for hydroxylation is 1. The van der Waals surface area contributed by atoms with E-state index in [0.717, 1.165) is 11.3 Å². The summed E-state index contributed by atoms with van der Waals surface area (Å²) in [6.07, 6.45) is 0. The monoisotopic (exact) mass is 372 g/mol. The number of hydrogen-bond donors (Lipinski definition) is 0. The quantitative estimate of drug-likeness (QED) is 0.777. The lowest BCUT2D eigenvalue weighted by atomic mass is 10.1. The Morgan fingerprint density at radius 1 is 0.962 bits per heavy atom. The molecule has 0 aliphatic carbocycles. The van der Waals surface area contributed by atoms with Gasteiger partial charge >= 0.3 is 6.03 Å². The molecule has 6 nitrogen and oxygen atoms in total. The molecule has 0 spiro atoms. The molecule has 0 radical (unpaired) electrons. The molecule has 0 bridgehead atoms. The number of nitrogens with zero attached hydrogens (tertiary/aromatic N) is 2. The summed E-state index contributed by atoms with van der Waals surface area (Å²) in [6.45, 7) is 1.93. The largest absolute Gasteiger partial charge is 0.497 e. The third-order valence-electron chi connectivity index (χ3n) is 5.09. The Morgan fingerprint density at radius 3 is 2.19 bits per heavy atom. The van der Waals surface area contributed by atoms with Gasteiger partial charge in [-0.1, -0.05) is 18.2 Å². The highest BCUT2D eigenvalue weighted by Crippen LogP contribution is 2.39. The summed E-state index contributed by atoms with van der Waals surface area (Å²) >= 11 is 0. The average molecular weight is 372 g/mol. The Balaban J connectivity index is 1.80. The zero-order chi connectivity index (χ0) is 18.5. The predicted molar refractivity (Wildman–Crippen MR) is 101 cm³/mol. The first kappa shape index (κ1) is 16.9. The Kier molecular flexibility index (Phi) is 3.91. The number of fused-ring (bicyclic) bond motifs is 1. The van der Waals surface area contributed by atoms with Crippen LogP contribution in [0.4, 0.5) is 16.2 Å². The molecule has 2 aliphatic rings. The van der Waals surface area contributed by atoms with Crippen LogP contribution in [0.2, 0.25) is 0 Å². The minimum atomic E-state index is -3.20. The summed E-state index contributed by atoms with van der Waals surface area (Å²) in [5, 5.41) is 0. The van der Waals surface area contributed by atoms with Crippen LogP contribution in [0.1, 0.15) is 5.56 Å². The third-order valence-corrected chi connectivity index (χ3v) is 6.79. The number of carbonyl (C=O) groups excluding carboxylic acids is 1. The lowest BCUT2D eigenvalue weighted by Gasteiger charge is -2.24. The van der Waals surface area contributed by atoms with E-state index < -0.39 is 9.84 Å². The minimum absolute atomic E-state index is 0.00953. The fraction of sp³-hybridized carbons (Fsp3) is 0.316. The highest BCUT2D eigenvalue weighted by Gasteiger charge is 2.54. The molecular formula is C19H20N2O4S. The van der Waals surface area contributed by atoms with Gasteiger partial charge in [0.1, 0.15) is 5.75 Å². The molecule has 7 heteroatoms. The van der Waals surface area contributed by atoms with Crippen molar-refractivity contribution in [3.8, 4) is 5.75 Å². The first-order valence-electron chi connectivity index (χ1n) is 8.44. The van der Waals surface area contributed by atoms with E-state index in [1.165, 1.54) is 0 Å². The van der Waals surface area contributed by atoms with E-state index in [1.54, 1.807) is 41.2 Å². The number of sulfone groups is 1. The van der Waals surface area contributed by atoms with Crippen LogP contribution in [0.3, 0.4) is 0 Å². The maximum atomic E-state index is 13.3. The molecule has 2 amide bonds. The van der Waals surface area contributed by atoms with Crippen molar-refractivity contribution in [1.29, 1.82) is 0 Å². The average Bonchev–Trinajstić information content (AvgIpc) is 3.05. The van der Waals surface area contributed by atoms with E-state index in [9.17, 15) is 13.2 Å². The van der Waals surface area contributed by atoms with Crippen LogP contribution in [0.25, 0.3) is 0 Å². The van der Waals surface area contributed by atoms with Crippen molar-refractivity contribution in [2.45, 2.75) is 19.0 Å². The van der Waals surface area contributed by atoms with E-state index in [2.05, 4.69) is 0 Å². The van der Waals surface area contributed by atoms with Gasteiger partial charge in [-0.2, -0.15) is 0 Å². The Hall–Kier alpha value is -2.54. The summed E-state index contributed by atoms with van der Waals surface area (Å²) in [7, 11) is -1.62. The third kappa shape index (κ3) is 2.63. The lowest BCUT2D eigenvalue weighted by molar-refractivity contribution is 0.255. The number of ether oxygens (including phenoxy) is 1. The standard InChI is InChI=1S/C19H20N2O4S/c1-13-5-3-4-6-16(13)21-18-12-26(23,24)11-17(18)20(19(21)22)14-7-9-15(25-2)10-8-14/h3-10,17-18H,11-12H2,1-2H3/t17-,18-/m0/s1. The molecule has 0 saturated carbocycles. The van der Waals surface area contributed by atoms with Crippen molar-refractivity contribution in [2.24, 2.45) is 0 Å². The van der Waals surface area contributed by atoms with Crippen molar-refractivity contribution in [1.82, 2.24) is 0 Å². The number of hydrogen-bond acceptors (Lipinski definition) is 4. The van der Waals surface area contributed by atoms with Crippen LogP contribution in [0.15, 0.2) is 48.5 Å². The highest BCUT2D eigenvalue weighted by atomic mass is 32.2. The molecule has 0 aromatic heterocycles. The summed E-state index contributed by atoms with van der Waals surface area (Å²) in [5.74, 6) is 0.661. The number of methoxy groups -OCH3 is 1. The van der Waals surface area contributed by atoms with E-state index in [-0.39, 0.29) is 29.6 Å². The molecule has 0 unspecified atom stereocenters. The van der Waals surface area contributed by atoms with Crippen molar-refractivity contribution in [3.05, 3.63) is 54.1 Å². The van der Waals surface area contributed by atoms with Gasteiger partial charge in [0.15, 0.2) is 9.84 Å². The second-order valence-electron chi connectivity index (χ2n) is 6.72. The highest BCUT2D eigenvalue weighted by molar-refractivity contribution is 7.91. The topological polar surface area (TPSA) is 66.9 Å². The normalized spacial score (nSPS) is 24.0. The molecule has 2 heterocycles. The molecule has 2 aliphatic heterocycles. The molecule has 2 aromatic carbocycles. The number of benzene rings is 2. The summed E-state index contributed by atoms with van der Waals surface area (Å²) in [5.41, 5.74) is 2.39. The molecule has 4 rings (SSSR count). The van der Waals surface area contributed by atoms with Crippen LogP contribution in [-0.2, 0) is 9.84 Å². The van der Waals surface area contributed by atoms with Crippen LogP contribution < -0.4 is 14.5 Å². The molecular weight excluding hydrogens is 352 g/mol. The number of urea groups is 1. The van der Waals surface area contributed by atoms with E-state index in [0.29, 0.717) is 11.4 Å². The van der Waals surface area contributed by atoms with Crippen LogP contribution >= 0.6 is 0 Å². The molecule has 2 atom stereocenters. The number of para-hydroxylation sites is 1. The zero-order valence-corrected chi connectivity index (χ0v) is 15.4. The smallest absolute Gasteiger partial charge is 0.329 e. The Morgan fingerprint density at radius 2 is 1.58 bits per heavy atom. The second kappa shape index (κ2) is 6.02. The molecule has 26 heavy (non-hydrogen) atoms. The van der Waals surface area contributed by atoms with E-state index >= 15 is 0 Å². The molecule has 2 aromatic rings. The van der Waals surface area contributed by atoms with Gasteiger partial charge in [-0.25, -0.2) is 13.2 Å². The van der Waals surface area contributed by atoms with Gasteiger partial charge in [0.25, 0.3) is 0 Å². The number of rotatable bonds is 3. The van der Waals surface area contributed by atoms with Gasteiger partial charge in [0.2, 0.25) is 0 Å². The second-order valence-corrected chi connectivity index (χ2v) is 8.87. The molecule has 0 N–H and O–H groups in total. The van der Waals surface area contributed by atoms with Gasteiger partial charge in [-0.3, -0.25) is 9.80 Å². The van der Waals surface area contributed by atoms with Crippen LogP contribution in [-0.4, -0.2) is 45.1 Å². The summed E-state index contributed by atoms with van der Waals surface area (Å²) < 4.78 is 29.8.